The van der Waals surface area contributed by atoms with Crippen LogP contribution in [0.25, 0.3) is 0 Å². The number of carbonyl (C=O) groups excluding carboxylic acids is 2. The quantitative estimate of drug-likeness (QED) is 0.824. The number of amides is 2. The van der Waals surface area contributed by atoms with E-state index in [0.717, 1.165) is 0 Å². The van der Waals surface area contributed by atoms with E-state index in [4.69, 9.17) is 27.9 Å². The molecule has 0 saturated heterocycles. The lowest BCUT2D eigenvalue weighted by molar-refractivity contribution is -0.122. The average Bonchev–Trinajstić information content (AvgIpc) is 3.00. The van der Waals surface area contributed by atoms with Gasteiger partial charge in [-0.25, -0.2) is 0 Å². The molecule has 0 bridgehead atoms. The number of carbonyl (C=O) groups is 2. The molecular weight excluding hydrogens is 303 g/mol. The topological polar surface area (TPSA) is 67.4 Å². The van der Waals surface area contributed by atoms with E-state index in [1.165, 1.54) is 0 Å². The Hall–Kier alpha value is -1.46. The van der Waals surface area contributed by atoms with Gasteiger partial charge in [-0.3, -0.25) is 9.59 Å². The largest absolute Gasteiger partial charge is 0.479 e. The predicted octanol–water partition coefficient (Wildman–Crippen LogP) is 2.54. The molecule has 3 rings (SSSR count). The first-order valence-electron chi connectivity index (χ1n) is 6.17. The summed E-state index contributed by atoms with van der Waals surface area (Å²) in [5, 5.41) is 5.44. The second-order valence-corrected chi connectivity index (χ2v) is 6.51. The Kier molecular flexibility index (Phi) is 3.06. The van der Waals surface area contributed by atoms with Gasteiger partial charge in [0.15, 0.2) is 6.10 Å². The van der Waals surface area contributed by atoms with Gasteiger partial charge in [0.2, 0.25) is 5.91 Å². The van der Waals surface area contributed by atoms with Crippen LogP contribution >= 0.6 is 23.2 Å². The maximum Gasteiger partial charge on any atom is 0.265 e. The first-order valence-corrected chi connectivity index (χ1v) is 6.93. The number of hydrogen-bond donors (Lipinski definition) is 2. The molecule has 1 aliphatic heterocycles. The lowest BCUT2D eigenvalue weighted by atomic mass is 10.2. The highest BCUT2D eigenvalue weighted by Crippen LogP contribution is 2.53. The highest BCUT2D eigenvalue weighted by atomic mass is 35.5. The molecule has 1 fully saturated rings. The van der Waals surface area contributed by atoms with Crippen LogP contribution in [0.2, 0.25) is 0 Å². The van der Waals surface area contributed by atoms with Gasteiger partial charge < -0.3 is 15.4 Å². The van der Waals surface area contributed by atoms with Crippen molar-refractivity contribution in [3.05, 3.63) is 18.2 Å². The molecule has 2 aliphatic rings. The summed E-state index contributed by atoms with van der Waals surface area (Å²) < 4.78 is 4.48. The molecule has 106 valence electrons. The van der Waals surface area contributed by atoms with E-state index in [9.17, 15) is 9.59 Å². The molecule has 20 heavy (non-hydrogen) atoms. The van der Waals surface area contributed by atoms with Gasteiger partial charge >= 0.3 is 0 Å². The van der Waals surface area contributed by atoms with Crippen LogP contribution in [0.3, 0.4) is 0 Å². The molecule has 1 aromatic rings. The molecule has 0 unspecified atom stereocenters. The third-order valence-electron chi connectivity index (χ3n) is 3.32. The lowest BCUT2D eigenvalue weighted by Crippen LogP contribution is -2.34. The van der Waals surface area contributed by atoms with Crippen molar-refractivity contribution in [2.75, 3.05) is 10.6 Å². The monoisotopic (exact) mass is 314 g/mol. The van der Waals surface area contributed by atoms with Crippen LogP contribution in [-0.4, -0.2) is 22.3 Å². The fourth-order valence-electron chi connectivity index (χ4n) is 2.01. The minimum Gasteiger partial charge on any atom is -0.479 e. The maximum atomic E-state index is 11.9. The first-order chi connectivity index (χ1) is 9.37. The van der Waals surface area contributed by atoms with Gasteiger partial charge in [0.25, 0.3) is 5.91 Å². The van der Waals surface area contributed by atoms with Crippen LogP contribution in [0, 0.1) is 5.92 Å². The zero-order chi connectivity index (χ0) is 14.5. The summed E-state index contributed by atoms with van der Waals surface area (Å²) >= 11 is 11.7. The number of halogens is 2. The minimum absolute atomic E-state index is 0.219. The van der Waals surface area contributed by atoms with Crippen LogP contribution < -0.4 is 15.4 Å². The molecule has 1 aliphatic carbocycles. The maximum absolute atomic E-state index is 11.9. The van der Waals surface area contributed by atoms with E-state index >= 15 is 0 Å². The summed E-state index contributed by atoms with van der Waals surface area (Å²) in [6.07, 6.45) is -0.0768. The van der Waals surface area contributed by atoms with E-state index in [0.29, 0.717) is 23.5 Å². The predicted molar refractivity (Wildman–Crippen MR) is 76.3 cm³/mol. The molecule has 2 amide bonds. The first kappa shape index (κ1) is 13.5. The van der Waals surface area contributed by atoms with Crippen LogP contribution in [0.1, 0.15) is 13.3 Å². The number of rotatable bonds is 2. The van der Waals surface area contributed by atoms with E-state index in [1.807, 2.05) is 0 Å². The molecule has 1 saturated carbocycles. The lowest BCUT2D eigenvalue weighted by Gasteiger charge is -2.23. The van der Waals surface area contributed by atoms with Crippen molar-refractivity contribution < 1.29 is 14.3 Å². The van der Waals surface area contributed by atoms with Gasteiger partial charge in [0.1, 0.15) is 10.1 Å². The fourth-order valence-corrected chi connectivity index (χ4v) is 2.52. The molecule has 5 nitrogen and oxygen atoms in total. The summed E-state index contributed by atoms with van der Waals surface area (Å²) in [6.45, 7) is 1.67. The summed E-state index contributed by atoms with van der Waals surface area (Å²) in [6, 6.07) is 5.04. The van der Waals surface area contributed by atoms with Crippen LogP contribution in [0.5, 0.6) is 5.75 Å². The van der Waals surface area contributed by atoms with E-state index in [-0.39, 0.29) is 11.8 Å². The van der Waals surface area contributed by atoms with E-state index < -0.39 is 16.4 Å². The van der Waals surface area contributed by atoms with Gasteiger partial charge in [-0.1, -0.05) is 0 Å². The normalized spacial score (nSPS) is 26.1. The Balaban J connectivity index is 1.75. The van der Waals surface area contributed by atoms with Gasteiger partial charge in [0, 0.05) is 5.69 Å². The van der Waals surface area contributed by atoms with Crippen LogP contribution in [-0.2, 0) is 9.59 Å². The Bertz CT molecular complexity index is 603. The van der Waals surface area contributed by atoms with E-state index in [1.54, 1.807) is 25.1 Å². The number of hydrogen-bond acceptors (Lipinski definition) is 3. The molecule has 0 radical (unpaired) electrons. The summed E-state index contributed by atoms with van der Waals surface area (Å²) in [7, 11) is 0. The molecule has 1 heterocycles. The zero-order valence-corrected chi connectivity index (χ0v) is 12.1. The molecule has 0 aromatic heterocycles. The van der Waals surface area contributed by atoms with Crippen molar-refractivity contribution in [1.82, 2.24) is 0 Å². The Morgan fingerprint density at radius 1 is 1.50 bits per heavy atom. The Morgan fingerprint density at radius 2 is 2.20 bits per heavy atom. The summed E-state index contributed by atoms with van der Waals surface area (Å²) in [4.78, 5) is 23.4. The van der Waals surface area contributed by atoms with Crippen LogP contribution in [0.4, 0.5) is 11.4 Å². The van der Waals surface area contributed by atoms with Crippen molar-refractivity contribution in [3.63, 3.8) is 0 Å². The molecule has 1 aromatic carbocycles. The van der Waals surface area contributed by atoms with Gasteiger partial charge in [0.05, 0.1) is 11.6 Å². The Labute approximate surface area is 125 Å². The second kappa shape index (κ2) is 4.53. The number of fused-ring (bicyclic) bond motifs is 1. The molecule has 0 spiro atoms. The van der Waals surface area contributed by atoms with Crippen LogP contribution in [0.15, 0.2) is 18.2 Å². The standard InChI is InChI=1S/C13H12Cl2N2O3/c1-6-11(18)17-9-4-7(2-3-10(9)20-6)16-12(19)8-5-13(8,14)15/h2-4,6,8H,5H2,1H3,(H,16,19)(H,17,18)/t6-,8+/m1/s1. The average molecular weight is 315 g/mol. The van der Waals surface area contributed by atoms with Gasteiger partial charge in [-0.2, -0.15) is 0 Å². The minimum atomic E-state index is -0.953. The van der Waals surface area contributed by atoms with Crippen molar-refractivity contribution in [2.24, 2.45) is 5.92 Å². The summed E-state index contributed by atoms with van der Waals surface area (Å²) in [5.41, 5.74) is 1.09. The summed E-state index contributed by atoms with van der Waals surface area (Å²) in [5.74, 6) is -0.270. The molecule has 2 N–H and O–H groups in total. The second-order valence-electron chi connectivity index (χ2n) is 4.97. The van der Waals surface area contributed by atoms with Gasteiger partial charge in [-0.05, 0) is 31.5 Å². The molecule has 2 atom stereocenters. The number of nitrogens with one attached hydrogen (secondary N) is 2. The molecule has 7 heteroatoms. The highest BCUT2D eigenvalue weighted by Gasteiger charge is 2.56. The number of ether oxygens (including phenoxy) is 1. The van der Waals surface area contributed by atoms with Crippen molar-refractivity contribution in [1.29, 1.82) is 0 Å². The van der Waals surface area contributed by atoms with Gasteiger partial charge in [-0.15, -0.1) is 23.2 Å². The Morgan fingerprint density at radius 3 is 2.85 bits per heavy atom. The number of benzene rings is 1. The smallest absolute Gasteiger partial charge is 0.265 e. The van der Waals surface area contributed by atoms with E-state index in [2.05, 4.69) is 10.6 Å². The molecular formula is C13H12Cl2N2O3. The van der Waals surface area contributed by atoms with Crippen molar-refractivity contribution in [3.8, 4) is 5.75 Å². The SMILES string of the molecule is C[C@H]1Oc2ccc(NC(=O)[C@@H]3CC3(Cl)Cl)cc2NC1=O. The zero-order valence-electron chi connectivity index (χ0n) is 10.6. The number of alkyl halides is 2. The highest BCUT2D eigenvalue weighted by molar-refractivity contribution is 6.52. The third kappa shape index (κ3) is 2.43. The number of anilines is 2. The third-order valence-corrected chi connectivity index (χ3v) is 4.16. The fraction of sp³-hybridized carbons (Fsp3) is 0.385. The van der Waals surface area contributed by atoms with Crippen molar-refractivity contribution in [2.45, 2.75) is 23.8 Å². The van der Waals surface area contributed by atoms with Crippen molar-refractivity contribution >= 4 is 46.4 Å².